The number of rotatable bonds is 20. The number of hydrogen-bond donors (Lipinski definition) is 4. The highest BCUT2D eigenvalue weighted by Gasteiger charge is 2.51. The normalized spacial score (nSPS) is 21.7. The second-order valence-electron chi connectivity index (χ2n) is 10.3. The predicted octanol–water partition coefficient (Wildman–Crippen LogP) is 4.49. The fourth-order valence-electron chi connectivity index (χ4n) is 5.13. The van der Waals surface area contributed by atoms with E-state index in [1.54, 1.807) is 0 Å². The minimum Gasteiger partial charge on any atom is -0.394 e. The first-order valence-electron chi connectivity index (χ1n) is 14.4. The maximum atomic E-state index is 12.2. The molecular weight excluding hydrogens is 525 g/mol. The number of aromatic amines is 1. The molecule has 0 aliphatic carbocycles. The second-order valence-corrected chi connectivity index (χ2v) is 10.9. The van der Waals surface area contributed by atoms with Crippen LogP contribution in [0.25, 0.3) is 11.2 Å². The van der Waals surface area contributed by atoms with Crippen LogP contribution < -0.4 is 11.3 Å². The molecule has 1 fully saturated rings. The molecule has 5 atom stereocenters. The minimum atomic E-state index is -2.97. The van der Waals surface area contributed by atoms with Gasteiger partial charge in [0.2, 0.25) is 5.95 Å². The molecule has 3 rings (SSSR count). The van der Waals surface area contributed by atoms with Crippen LogP contribution in [0.2, 0.25) is 0 Å². The van der Waals surface area contributed by atoms with Crippen LogP contribution in [0.15, 0.2) is 11.1 Å². The average molecular weight is 571 g/mol. The van der Waals surface area contributed by atoms with Crippen molar-refractivity contribution in [3.63, 3.8) is 0 Å². The number of anilines is 1. The summed E-state index contributed by atoms with van der Waals surface area (Å²) in [5.74, 6) is -0.0860. The lowest BCUT2D eigenvalue weighted by molar-refractivity contribution is -0.0705. The quantitative estimate of drug-likeness (QED) is 0.131. The zero-order valence-electron chi connectivity index (χ0n) is 23.0. The van der Waals surface area contributed by atoms with Gasteiger partial charge in [0.1, 0.15) is 12.2 Å². The molecule has 2 aromatic rings. The molecule has 0 radical (unpaired) electrons. The van der Waals surface area contributed by atoms with E-state index in [0.717, 1.165) is 19.3 Å². The highest BCUT2D eigenvalue weighted by molar-refractivity contribution is 7.32. The Morgan fingerprint density at radius 1 is 1.03 bits per heavy atom. The largest absolute Gasteiger partial charge is 0.695 e. The standard InChI is InChI=1S/C26H44N5O7P/c1-2-3-4-5-6-7-8-9-10-11-12-13-14-15-16-36-22-21(38-39(34)35)19(17-32)37-25(22)31-18-28-20-23(31)29-26(27)30-24(20)33/h18-19,21-22,25,32H,2-17H2,1H3,(H3-,27,29,30,33,34,35)/p+1/t19-,21?,22?,25-/m1/s1. The number of H-pyrrole nitrogens is 1. The molecule has 12 nitrogen and oxygen atoms in total. The van der Waals surface area contributed by atoms with Crippen molar-refractivity contribution in [2.45, 2.75) is 121 Å². The van der Waals surface area contributed by atoms with E-state index < -0.39 is 45.0 Å². The summed E-state index contributed by atoms with van der Waals surface area (Å²) in [6, 6.07) is 0. The van der Waals surface area contributed by atoms with E-state index in [4.69, 9.17) is 19.7 Å². The van der Waals surface area contributed by atoms with Gasteiger partial charge in [0.05, 0.1) is 12.9 Å². The molecular formula is C26H45N5O7P+. The highest BCUT2D eigenvalue weighted by Crippen LogP contribution is 2.38. The molecule has 39 heavy (non-hydrogen) atoms. The first-order valence-corrected chi connectivity index (χ1v) is 15.5. The molecule has 0 saturated carbocycles. The van der Waals surface area contributed by atoms with Crippen LogP contribution in [0.1, 0.15) is 103 Å². The lowest BCUT2D eigenvalue weighted by Gasteiger charge is -2.22. The molecule has 3 unspecified atom stereocenters. The van der Waals surface area contributed by atoms with Gasteiger partial charge in [0, 0.05) is 11.2 Å². The Kier molecular flexibility index (Phi) is 13.8. The van der Waals surface area contributed by atoms with Crippen LogP contribution >= 0.6 is 8.25 Å². The molecule has 13 heteroatoms. The number of aliphatic hydroxyl groups excluding tert-OH is 1. The Bertz CT molecular complexity index is 1060. The summed E-state index contributed by atoms with van der Waals surface area (Å²) in [4.78, 5) is 32.3. The molecule has 2 aromatic heterocycles. The van der Waals surface area contributed by atoms with E-state index in [2.05, 4.69) is 21.9 Å². The van der Waals surface area contributed by atoms with E-state index in [1.807, 2.05) is 0 Å². The molecule has 0 bridgehead atoms. The van der Waals surface area contributed by atoms with Crippen molar-refractivity contribution >= 4 is 25.4 Å². The number of nitrogen functional groups attached to an aromatic ring is 1. The molecule has 0 spiro atoms. The van der Waals surface area contributed by atoms with Gasteiger partial charge in [-0.1, -0.05) is 90.4 Å². The Labute approximate surface area is 230 Å². The van der Waals surface area contributed by atoms with Crippen LogP contribution in [-0.4, -0.2) is 61.0 Å². The predicted molar refractivity (Wildman–Crippen MR) is 148 cm³/mol. The third-order valence-electron chi connectivity index (χ3n) is 7.21. The van der Waals surface area contributed by atoms with Crippen LogP contribution in [0.4, 0.5) is 5.95 Å². The molecule has 1 aliphatic rings. The van der Waals surface area contributed by atoms with Crippen LogP contribution in [0.5, 0.6) is 0 Å². The summed E-state index contributed by atoms with van der Waals surface area (Å²) < 4.78 is 30.2. The smallest absolute Gasteiger partial charge is 0.394 e. The van der Waals surface area contributed by atoms with E-state index >= 15 is 0 Å². The molecule has 1 saturated heterocycles. The van der Waals surface area contributed by atoms with Crippen molar-refractivity contribution in [3.8, 4) is 0 Å². The number of aromatic nitrogens is 4. The zero-order chi connectivity index (χ0) is 28.0. The van der Waals surface area contributed by atoms with Crippen molar-refractivity contribution in [2.24, 2.45) is 0 Å². The van der Waals surface area contributed by atoms with Gasteiger partial charge < -0.3 is 20.3 Å². The van der Waals surface area contributed by atoms with E-state index in [-0.39, 0.29) is 17.1 Å². The fourth-order valence-corrected chi connectivity index (χ4v) is 5.60. The summed E-state index contributed by atoms with van der Waals surface area (Å²) in [5.41, 5.74) is 5.46. The Morgan fingerprint density at radius 2 is 1.62 bits per heavy atom. The number of nitrogens with two attached hydrogens (primary N) is 1. The number of hydrogen-bond acceptors (Lipinski definition) is 9. The maximum absolute atomic E-state index is 12.2. The van der Waals surface area contributed by atoms with Crippen molar-refractivity contribution in [2.75, 3.05) is 18.9 Å². The van der Waals surface area contributed by atoms with E-state index in [9.17, 15) is 19.4 Å². The lowest BCUT2D eigenvalue weighted by atomic mass is 10.0. The molecule has 5 N–H and O–H groups in total. The van der Waals surface area contributed by atoms with Gasteiger partial charge in [-0.15, -0.1) is 9.42 Å². The second kappa shape index (κ2) is 17.0. The number of fused-ring (bicyclic) bond motifs is 1. The molecule has 1 aliphatic heterocycles. The van der Waals surface area contributed by atoms with E-state index in [0.29, 0.717) is 6.61 Å². The van der Waals surface area contributed by atoms with Crippen LogP contribution in [0.3, 0.4) is 0 Å². The van der Waals surface area contributed by atoms with Gasteiger partial charge in [-0.05, 0) is 6.42 Å². The number of aliphatic hydroxyl groups is 1. The summed E-state index contributed by atoms with van der Waals surface area (Å²) in [7, 11) is -2.97. The molecule has 0 aromatic carbocycles. The molecule has 220 valence electrons. The highest BCUT2D eigenvalue weighted by atomic mass is 31.1. The van der Waals surface area contributed by atoms with E-state index in [1.165, 1.54) is 81.5 Å². The minimum absolute atomic E-state index is 0.0664. The van der Waals surface area contributed by atoms with Crippen LogP contribution in [-0.2, 0) is 18.6 Å². The number of unbranched alkanes of at least 4 members (excludes halogenated alkanes) is 13. The van der Waals surface area contributed by atoms with Gasteiger partial charge in [-0.2, -0.15) is 4.98 Å². The third kappa shape index (κ3) is 9.58. The monoisotopic (exact) mass is 570 g/mol. The lowest BCUT2D eigenvalue weighted by Crippen LogP contribution is -2.37. The SMILES string of the molecule is CCCCCCCCCCCCCCCCOC1C(O[P+](=O)O)[C@@H](CO)O[C@H]1n1cnc2c(=O)[nH]c(N)nc21. The van der Waals surface area contributed by atoms with Crippen molar-refractivity contribution in [1.29, 1.82) is 0 Å². The number of imidazole rings is 1. The van der Waals surface area contributed by atoms with Gasteiger partial charge in [0.15, 0.2) is 23.5 Å². The fraction of sp³-hybridized carbons (Fsp3) is 0.808. The van der Waals surface area contributed by atoms with Crippen molar-refractivity contribution in [3.05, 3.63) is 16.7 Å². The summed E-state index contributed by atoms with van der Waals surface area (Å²) in [6.45, 7) is 2.18. The molecule has 0 amide bonds. The van der Waals surface area contributed by atoms with Gasteiger partial charge in [-0.25, -0.2) is 4.98 Å². The Morgan fingerprint density at radius 3 is 2.18 bits per heavy atom. The Balaban J connectivity index is 1.45. The maximum Gasteiger partial charge on any atom is 0.695 e. The van der Waals surface area contributed by atoms with Gasteiger partial charge >= 0.3 is 8.25 Å². The average Bonchev–Trinajstić information content (AvgIpc) is 3.47. The van der Waals surface area contributed by atoms with Crippen molar-refractivity contribution in [1.82, 2.24) is 19.5 Å². The molecule has 3 heterocycles. The first-order chi connectivity index (χ1) is 19.0. The summed E-state index contributed by atoms with van der Waals surface area (Å²) in [6.07, 6.45) is 15.1. The first kappa shape index (κ1) is 31.6. The number of nitrogens with one attached hydrogen (secondary N) is 1. The van der Waals surface area contributed by atoms with Crippen molar-refractivity contribution < 1.29 is 28.6 Å². The zero-order valence-corrected chi connectivity index (χ0v) is 23.9. The summed E-state index contributed by atoms with van der Waals surface area (Å²) >= 11 is 0. The Hall–Kier alpha value is -1.95. The van der Waals surface area contributed by atoms with Gasteiger partial charge in [-0.3, -0.25) is 14.3 Å². The topological polar surface area (TPSA) is 175 Å². The third-order valence-corrected chi connectivity index (χ3v) is 7.63. The number of ether oxygens (including phenoxy) is 2. The van der Waals surface area contributed by atoms with Gasteiger partial charge in [0.25, 0.3) is 5.56 Å². The summed E-state index contributed by atoms with van der Waals surface area (Å²) in [5, 5.41) is 9.84. The van der Waals surface area contributed by atoms with Crippen LogP contribution in [0, 0.1) is 0 Å². The number of nitrogens with zero attached hydrogens (tertiary/aromatic N) is 3.